The number of likely N-dealkylation sites (N-methyl/N-ethyl adjacent to an activating group) is 1. The number of aromatic nitrogens is 3. The monoisotopic (exact) mass is 468 g/mol. The normalized spacial score (nSPS) is 11.5. The van der Waals surface area contributed by atoms with Crippen molar-refractivity contribution < 1.29 is 13.9 Å². The number of amides is 1. The summed E-state index contributed by atoms with van der Waals surface area (Å²) in [6.07, 6.45) is 1.59. The van der Waals surface area contributed by atoms with Crippen LogP contribution in [0.5, 0.6) is 5.75 Å². The summed E-state index contributed by atoms with van der Waals surface area (Å²) in [5, 5.41) is 11.8. The van der Waals surface area contributed by atoms with Gasteiger partial charge in [0.2, 0.25) is 16.0 Å². The molecule has 9 nitrogen and oxygen atoms in total. The molecule has 1 aromatic carbocycles. The van der Waals surface area contributed by atoms with E-state index in [1.54, 1.807) is 19.4 Å². The van der Waals surface area contributed by atoms with Crippen molar-refractivity contribution in [3.63, 3.8) is 0 Å². The van der Waals surface area contributed by atoms with Gasteiger partial charge in [-0.2, -0.15) is 4.52 Å². The van der Waals surface area contributed by atoms with Crippen molar-refractivity contribution in [3.8, 4) is 17.0 Å². The molecule has 174 valence electrons. The van der Waals surface area contributed by atoms with E-state index in [1.807, 2.05) is 46.8 Å². The maximum absolute atomic E-state index is 12.4. The van der Waals surface area contributed by atoms with Crippen molar-refractivity contribution in [3.05, 3.63) is 48.4 Å². The highest BCUT2D eigenvalue weighted by atomic mass is 32.1. The molecule has 0 spiro atoms. The Morgan fingerprint density at radius 3 is 2.64 bits per heavy atom. The molecule has 0 fully saturated rings. The summed E-state index contributed by atoms with van der Waals surface area (Å²) < 4.78 is 12.3. The number of nitrogens with zero attached hydrogens (tertiary/aromatic N) is 4. The topological polar surface area (TPSA) is 96.9 Å². The van der Waals surface area contributed by atoms with Gasteiger partial charge in [0.25, 0.3) is 0 Å². The Balaban J connectivity index is 1.57. The fraction of sp³-hybridized carbons (Fsp3) is 0.348. The number of methoxy groups -OCH3 is 1. The van der Waals surface area contributed by atoms with Crippen molar-refractivity contribution in [2.75, 3.05) is 30.9 Å². The summed E-state index contributed by atoms with van der Waals surface area (Å²) in [4.78, 5) is 19.8. The summed E-state index contributed by atoms with van der Waals surface area (Å²) in [5.41, 5.74) is 1.59. The molecule has 2 N–H and O–H groups in total. The van der Waals surface area contributed by atoms with Gasteiger partial charge >= 0.3 is 0 Å². The second kappa shape index (κ2) is 9.14. The van der Waals surface area contributed by atoms with E-state index in [1.165, 1.54) is 11.3 Å². The first-order chi connectivity index (χ1) is 15.7. The second-order valence-corrected chi connectivity index (χ2v) is 9.64. The predicted octanol–water partition coefficient (Wildman–Crippen LogP) is 4.02. The summed E-state index contributed by atoms with van der Waals surface area (Å²) in [6, 6.07) is 11.4. The number of anilines is 2. The summed E-state index contributed by atoms with van der Waals surface area (Å²) in [6.45, 7) is 6.79. The first-order valence-electron chi connectivity index (χ1n) is 10.6. The maximum atomic E-state index is 12.4. The lowest BCUT2D eigenvalue weighted by molar-refractivity contribution is -0.120. The Bertz CT molecular complexity index is 1220. The molecule has 3 aromatic heterocycles. The molecule has 0 radical (unpaired) electrons. The molecule has 0 unspecified atom stereocenters. The maximum Gasteiger partial charge on any atom is 0.239 e. The fourth-order valence-corrected chi connectivity index (χ4v) is 4.11. The second-order valence-electron chi connectivity index (χ2n) is 8.70. The first-order valence-corrected chi connectivity index (χ1v) is 11.4. The van der Waals surface area contributed by atoms with Gasteiger partial charge in [-0.05, 0) is 57.2 Å². The number of imidazole rings is 1. The highest BCUT2D eigenvalue weighted by molar-refractivity contribution is 7.20. The first kappa shape index (κ1) is 22.7. The van der Waals surface area contributed by atoms with Gasteiger partial charge in [0.05, 0.1) is 26.5 Å². The molecule has 0 aliphatic rings. The van der Waals surface area contributed by atoms with Gasteiger partial charge in [-0.25, -0.2) is 4.98 Å². The van der Waals surface area contributed by atoms with Gasteiger partial charge in [-0.3, -0.25) is 4.79 Å². The third-order valence-electron chi connectivity index (χ3n) is 4.80. The van der Waals surface area contributed by atoms with Crippen LogP contribution in [0.2, 0.25) is 0 Å². The van der Waals surface area contributed by atoms with Crippen LogP contribution < -0.4 is 20.3 Å². The molecular weight excluding hydrogens is 440 g/mol. The fourth-order valence-electron chi connectivity index (χ4n) is 3.25. The van der Waals surface area contributed by atoms with Crippen LogP contribution >= 0.6 is 11.3 Å². The molecule has 0 bridgehead atoms. The van der Waals surface area contributed by atoms with Crippen LogP contribution in [0.15, 0.2) is 47.1 Å². The van der Waals surface area contributed by atoms with Crippen molar-refractivity contribution >= 4 is 33.2 Å². The number of hydrogen-bond acceptors (Lipinski definition) is 8. The molecule has 3 heterocycles. The summed E-state index contributed by atoms with van der Waals surface area (Å²) in [7, 11) is 3.49. The molecule has 0 saturated carbocycles. The average molecular weight is 469 g/mol. The number of nitrogens with one attached hydrogen (secondary N) is 2. The molecule has 0 saturated heterocycles. The molecule has 1 amide bonds. The Morgan fingerprint density at radius 1 is 1.24 bits per heavy atom. The highest BCUT2D eigenvalue weighted by Crippen LogP contribution is 2.35. The van der Waals surface area contributed by atoms with Crippen LogP contribution in [0.25, 0.3) is 16.2 Å². The average Bonchev–Trinajstić information content (AvgIpc) is 3.49. The zero-order chi connectivity index (χ0) is 23.6. The van der Waals surface area contributed by atoms with Gasteiger partial charge in [0.1, 0.15) is 17.2 Å². The SMILES string of the molecule is COc1ccc(-c2nc3sc(N(C)CC(=O)NCc4ccco4)nn3c2NC(C)(C)C)cc1. The third-order valence-corrected chi connectivity index (χ3v) is 5.82. The smallest absolute Gasteiger partial charge is 0.239 e. The largest absolute Gasteiger partial charge is 0.497 e. The van der Waals surface area contributed by atoms with E-state index in [-0.39, 0.29) is 18.0 Å². The lowest BCUT2D eigenvalue weighted by Crippen LogP contribution is -2.34. The molecule has 10 heteroatoms. The number of benzene rings is 1. The van der Waals surface area contributed by atoms with E-state index in [0.717, 1.165) is 27.8 Å². The van der Waals surface area contributed by atoms with E-state index < -0.39 is 0 Å². The van der Waals surface area contributed by atoms with Crippen LogP contribution in [0.3, 0.4) is 0 Å². The Morgan fingerprint density at radius 2 is 2.00 bits per heavy atom. The number of rotatable bonds is 8. The van der Waals surface area contributed by atoms with Gasteiger partial charge < -0.3 is 24.7 Å². The van der Waals surface area contributed by atoms with Gasteiger partial charge in [0, 0.05) is 18.2 Å². The number of carbonyl (C=O) groups is 1. The molecule has 4 aromatic rings. The number of hydrogen-bond donors (Lipinski definition) is 2. The molecule has 0 atom stereocenters. The van der Waals surface area contributed by atoms with E-state index >= 15 is 0 Å². The van der Waals surface area contributed by atoms with E-state index in [4.69, 9.17) is 19.2 Å². The standard InChI is InChI=1S/C23H28N6O3S/c1-23(2,3)26-20-19(15-8-10-16(31-5)11-9-15)25-21-29(20)27-22(33-21)28(4)14-18(30)24-13-17-7-6-12-32-17/h6-12,26H,13-14H2,1-5H3,(H,24,30). The number of carbonyl (C=O) groups excluding carboxylic acids is 1. The van der Waals surface area contributed by atoms with Crippen LogP contribution in [0.4, 0.5) is 10.9 Å². The van der Waals surface area contributed by atoms with Crippen LogP contribution in [-0.2, 0) is 11.3 Å². The summed E-state index contributed by atoms with van der Waals surface area (Å²) in [5.74, 6) is 2.19. The number of fused-ring (bicyclic) bond motifs is 1. The Labute approximate surface area is 196 Å². The van der Waals surface area contributed by atoms with Gasteiger partial charge in [0.15, 0.2) is 5.82 Å². The Hall–Kier alpha value is -3.53. The van der Waals surface area contributed by atoms with E-state index in [9.17, 15) is 4.79 Å². The molecule has 33 heavy (non-hydrogen) atoms. The minimum absolute atomic E-state index is 0.117. The summed E-state index contributed by atoms with van der Waals surface area (Å²) >= 11 is 1.43. The molecule has 0 aliphatic carbocycles. The quantitative estimate of drug-likeness (QED) is 0.403. The predicted molar refractivity (Wildman–Crippen MR) is 130 cm³/mol. The van der Waals surface area contributed by atoms with E-state index in [0.29, 0.717) is 17.4 Å². The van der Waals surface area contributed by atoms with Crippen LogP contribution in [0, 0.1) is 0 Å². The number of ether oxygens (including phenoxy) is 1. The zero-order valence-corrected chi connectivity index (χ0v) is 20.2. The van der Waals surface area contributed by atoms with Crippen molar-refractivity contribution in [2.45, 2.75) is 32.9 Å². The minimum atomic E-state index is -0.196. The number of furan rings is 1. The zero-order valence-electron chi connectivity index (χ0n) is 19.4. The van der Waals surface area contributed by atoms with Gasteiger partial charge in [-0.1, -0.05) is 11.3 Å². The van der Waals surface area contributed by atoms with Crippen molar-refractivity contribution in [1.29, 1.82) is 0 Å². The third kappa shape index (κ3) is 5.28. The van der Waals surface area contributed by atoms with Crippen LogP contribution in [-0.4, -0.2) is 46.7 Å². The van der Waals surface area contributed by atoms with Crippen molar-refractivity contribution in [1.82, 2.24) is 19.9 Å². The van der Waals surface area contributed by atoms with E-state index in [2.05, 4.69) is 31.4 Å². The lowest BCUT2D eigenvalue weighted by Gasteiger charge is -2.22. The molecule has 0 aliphatic heterocycles. The van der Waals surface area contributed by atoms with Gasteiger partial charge in [-0.15, -0.1) is 5.10 Å². The molecular formula is C23H28N6O3S. The molecule has 4 rings (SSSR count). The van der Waals surface area contributed by atoms with Crippen LogP contribution in [0.1, 0.15) is 26.5 Å². The lowest BCUT2D eigenvalue weighted by atomic mass is 10.1. The Kier molecular flexibility index (Phi) is 6.28. The highest BCUT2D eigenvalue weighted by Gasteiger charge is 2.23. The van der Waals surface area contributed by atoms with Crippen molar-refractivity contribution in [2.24, 2.45) is 0 Å². The minimum Gasteiger partial charge on any atom is -0.497 e.